The molecule has 0 aliphatic heterocycles. The highest BCUT2D eigenvalue weighted by atomic mass is 16.6. The van der Waals surface area contributed by atoms with Crippen LogP contribution in [-0.2, 0) is 4.74 Å². The lowest BCUT2D eigenvalue weighted by Crippen LogP contribution is -2.29. The molecule has 1 heterocycles. The average molecular weight is 374 g/mol. The zero-order chi connectivity index (χ0) is 20.0. The number of esters is 1. The van der Waals surface area contributed by atoms with Crippen LogP contribution in [-0.4, -0.2) is 41.5 Å². The number of benzene rings is 1. The van der Waals surface area contributed by atoms with Gasteiger partial charge in [-0.15, -0.1) is 0 Å². The Balaban J connectivity index is 1.96. The molecule has 0 saturated carbocycles. The van der Waals surface area contributed by atoms with Crippen LogP contribution in [0.2, 0.25) is 0 Å². The number of hydrogen-bond acceptors (Lipinski definition) is 6. The monoisotopic (exact) mass is 374 g/mol. The van der Waals surface area contributed by atoms with E-state index in [2.05, 4.69) is 15.6 Å². The molecule has 2 rings (SSSR count). The largest absolute Gasteiger partial charge is 0.462 e. The molecule has 0 bridgehead atoms. The number of para-hydroxylation sites is 2. The first-order chi connectivity index (χ1) is 12.9. The molecule has 2 aromatic rings. The molecule has 0 aliphatic rings. The van der Waals surface area contributed by atoms with Crippen LogP contribution in [0.4, 0.5) is 11.4 Å². The lowest BCUT2D eigenvalue weighted by atomic mass is 10.1. The van der Waals surface area contributed by atoms with Crippen molar-refractivity contribution in [3.8, 4) is 0 Å². The summed E-state index contributed by atoms with van der Waals surface area (Å²) < 4.78 is 5.01. The SMILES string of the molecule is CCOC(=O)c1c(C)[nH]c(C(=O)NCCNc2ccccc2[N+](=O)[O-])c1C. The first-order valence-corrected chi connectivity index (χ1v) is 8.48. The fourth-order valence-electron chi connectivity index (χ4n) is 2.73. The van der Waals surface area contributed by atoms with Crippen molar-refractivity contribution in [1.29, 1.82) is 0 Å². The van der Waals surface area contributed by atoms with Gasteiger partial charge in [-0.3, -0.25) is 14.9 Å². The van der Waals surface area contributed by atoms with Crippen molar-refractivity contribution in [2.45, 2.75) is 20.8 Å². The number of aryl methyl sites for hydroxylation is 1. The van der Waals surface area contributed by atoms with Crippen LogP contribution in [0.3, 0.4) is 0 Å². The van der Waals surface area contributed by atoms with Gasteiger partial charge in [0.2, 0.25) is 0 Å². The number of nitrogens with one attached hydrogen (secondary N) is 3. The fourth-order valence-corrected chi connectivity index (χ4v) is 2.73. The van der Waals surface area contributed by atoms with Gasteiger partial charge < -0.3 is 20.4 Å². The number of nitrogens with zero attached hydrogens (tertiary/aromatic N) is 1. The summed E-state index contributed by atoms with van der Waals surface area (Å²) in [5, 5.41) is 16.6. The van der Waals surface area contributed by atoms with Gasteiger partial charge in [0.05, 0.1) is 17.1 Å². The van der Waals surface area contributed by atoms with Crippen LogP contribution >= 0.6 is 0 Å². The number of H-pyrrole nitrogens is 1. The molecule has 1 aromatic carbocycles. The number of anilines is 1. The second-order valence-electron chi connectivity index (χ2n) is 5.80. The van der Waals surface area contributed by atoms with Crippen LogP contribution in [0.5, 0.6) is 0 Å². The highest BCUT2D eigenvalue weighted by Gasteiger charge is 2.22. The summed E-state index contributed by atoms with van der Waals surface area (Å²) >= 11 is 0. The Morgan fingerprint density at radius 1 is 1.22 bits per heavy atom. The Hall–Kier alpha value is -3.36. The van der Waals surface area contributed by atoms with Gasteiger partial charge in [-0.25, -0.2) is 4.79 Å². The maximum Gasteiger partial charge on any atom is 0.340 e. The Morgan fingerprint density at radius 2 is 1.93 bits per heavy atom. The van der Waals surface area contributed by atoms with Gasteiger partial charge in [0.1, 0.15) is 11.4 Å². The fraction of sp³-hybridized carbons (Fsp3) is 0.333. The quantitative estimate of drug-likeness (QED) is 0.282. The number of nitro benzene ring substituents is 1. The Morgan fingerprint density at radius 3 is 2.59 bits per heavy atom. The van der Waals surface area contributed by atoms with E-state index >= 15 is 0 Å². The standard InChI is InChI=1S/C18H22N4O5/c1-4-27-18(24)15-11(2)16(21-12(15)3)17(23)20-10-9-19-13-7-5-6-8-14(13)22(25)26/h5-8,19,21H,4,9-10H2,1-3H3,(H,20,23). The molecular formula is C18H22N4O5. The summed E-state index contributed by atoms with van der Waals surface area (Å²) in [6.45, 7) is 5.90. The zero-order valence-corrected chi connectivity index (χ0v) is 15.4. The van der Waals surface area contributed by atoms with Crippen molar-refractivity contribution < 1.29 is 19.2 Å². The van der Waals surface area contributed by atoms with E-state index in [4.69, 9.17) is 4.74 Å². The molecule has 0 radical (unpaired) electrons. The van der Waals surface area contributed by atoms with Gasteiger partial charge >= 0.3 is 5.97 Å². The summed E-state index contributed by atoms with van der Waals surface area (Å²) in [6, 6.07) is 6.28. The molecule has 9 nitrogen and oxygen atoms in total. The van der Waals surface area contributed by atoms with Crippen LogP contribution in [0.1, 0.15) is 39.0 Å². The van der Waals surface area contributed by atoms with E-state index in [1.54, 1.807) is 39.0 Å². The van der Waals surface area contributed by atoms with E-state index in [1.807, 2.05) is 0 Å². The molecule has 0 aliphatic carbocycles. The minimum absolute atomic E-state index is 0.0289. The van der Waals surface area contributed by atoms with Crippen molar-refractivity contribution in [1.82, 2.24) is 10.3 Å². The maximum absolute atomic E-state index is 12.4. The van der Waals surface area contributed by atoms with E-state index in [0.717, 1.165) is 0 Å². The van der Waals surface area contributed by atoms with Gasteiger partial charge in [0.15, 0.2) is 0 Å². The van der Waals surface area contributed by atoms with E-state index < -0.39 is 10.9 Å². The molecule has 0 saturated heterocycles. The summed E-state index contributed by atoms with van der Waals surface area (Å²) in [5.41, 5.74) is 2.09. The van der Waals surface area contributed by atoms with Crippen LogP contribution in [0, 0.1) is 24.0 Å². The topological polar surface area (TPSA) is 126 Å². The molecule has 3 N–H and O–H groups in total. The molecule has 0 atom stereocenters. The van der Waals surface area contributed by atoms with Gasteiger partial charge in [0.25, 0.3) is 11.6 Å². The van der Waals surface area contributed by atoms with Crippen LogP contribution in [0.25, 0.3) is 0 Å². The summed E-state index contributed by atoms with van der Waals surface area (Å²) in [6.07, 6.45) is 0. The van der Waals surface area contributed by atoms with E-state index in [-0.39, 0.29) is 24.7 Å². The normalized spacial score (nSPS) is 10.3. The summed E-state index contributed by atoms with van der Waals surface area (Å²) in [5.74, 6) is -0.837. The second kappa shape index (κ2) is 8.84. The van der Waals surface area contributed by atoms with Crippen molar-refractivity contribution in [3.63, 3.8) is 0 Å². The smallest absolute Gasteiger partial charge is 0.340 e. The molecular weight excluding hydrogens is 352 g/mol. The molecule has 1 aromatic heterocycles. The van der Waals surface area contributed by atoms with Crippen molar-refractivity contribution in [2.24, 2.45) is 0 Å². The number of hydrogen-bond donors (Lipinski definition) is 3. The van der Waals surface area contributed by atoms with Gasteiger partial charge in [-0.05, 0) is 32.4 Å². The van der Waals surface area contributed by atoms with Crippen LogP contribution in [0.15, 0.2) is 24.3 Å². The molecule has 9 heteroatoms. The summed E-state index contributed by atoms with van der Waals surface area (Å²) in [7, 11) is 0. The van der Waals surface area contributed by atoms with E-state index in [0.29, 0.717) is 34.7 Å². The lowest BCUT2D eigenvalue weighted by Gasteiger charge is -2.08. The summed E-state index contributed by atoms with van der Waals surface area (Å²) in [4.78, 5) is 37.8. The third-order valence-corrected chi connectivity index (χ3v) is 3.97. The number of ether oxygens (including phenoxy) is 1. The van der Waals surface area contributed by atoms with E-state index in [9.17, 15) is 19.7 Å². The molecule has 0 spiro atoms. The molecule has 1 amide bonds. The maximum atomic E-state index is 12.4. The Kier molecular flexibility index (Phi) is 6.53. The average Bonchev–Trinajstić information content (AvgIpc) is 2.93. The number of rotatable bonds is 8. The highest BCUT2D eigenvalue weighted by Crippen LogP contribution is 2.22. The van der Waals surface area contributed by atoms with Gasteiger partial charge in [-0.1, -0.05) is 12.1 Å². The van der Waals surface area contributed by atoms with Crippen molar-refractivity contribution in [2.75, 3.05) is 25.0 Å². The Labute approximate surface area is 156 Å². The number of aromatic nitrogens is 1. The Bertz CT molecular complexity index is 859. The molecule has 27 heavy (non-hydrogen) atoms. The minimum atomic E-state index is -0.471. The number of aromatic amines is 1. The number of carbonyl (C=O) groups excluding carboxylic acids is 2. The first kappa shape index (κ1) is 20.0. The zero-order valence-electron chi connectivity index (χ0n) is 15.4. The van der Waals surface area contributed by atoms with Gasteiger partial charge in [0, 0.05) is 24.8 Å². The van der Waals surface area contributed by atoms with Crippen molar-refractivity contribution in [3.05, 3.63) is 56.9 Å². The second-order valence-corrected chi connectivity index (χ2v) is 5.80. The molecule has 0 unspecified atom stereocenters. The first-order valence-electron chi connectivity index (χ1n) is 8.48. The van der Waals surface area contributed by atoms with Crippen LogP contribution < -0.4 is 10.6 Å². The molecule has 0 fully saturated rings. The third-order valence-electron chi connectivity index (χ3n) is 3.97. The number of nitro groups is 1. The third kappa shape index (κ3) is 4.63. The lowest BCUT2D eigenvalue weighted by molar-refractivity contribution is -0.384. The predicted octanol–water partition coefficient (Wildman–Crippen LogP) is 2.56. The van der Waals surface area contributed by atoms with Crippen molar-refractivity contribution >= 4 is 23.3 Å². The molecule has 144 valence electrons. The number of amides is 1. The number of carbonyl (C=O) groups is 2. The highest BCUT2D eigenvalue weighted by molar-refractivity contribution is 6.00. The van der Waals surface area contributed by atoms with Gasteiger partial charge in [-0.2, -0.15) is 0 Å². The van der Waals surface area contributed by atoms with E-state index in [1.165, 1.54) is 6.07 Å². The predicted molar refractivity (Wildman–Crippen MR) is 100 cm³/mol. The minimum Gasteiger partial charge on any atom is -0.462 e.